The summed E-state index contributed by atoms with van der Waals surface area (Å²) < 4.78 is 25.1. The number of carboxylic acid groups (broad SMARTS) is 1. The van der Waals surface area contributed by atoms with Gasteiger partial charge in [0.1, 0.15) is 13.3 Å². The second-order valence-corrected chi connectivity index (χ2v) is 20.5. The first kappa shape index (κ1) is 48.2. The molecule has 8 rings (SSSR count). The largest absolute Gasteiger partial charge is 0.504 e. The van der Waals surface area contributed by atoms with E-state index in [1.54, 1.807) is 31.2 Å². The number of ether oxygens (including phenoxy) is 4. The number of carboxylic acids is 1. The van der Waals surface area contributed by atoms with Crippen molar-refractivity contribution in [2.45, 2.75) is 140 Å². The summed E-state index contributed by atoms with van der Waals surface area (Å²) in [6.07, 6.45) is 13.2. The number of aryl methyl sites for hydroxylation is 1. The normalized spacial score (nSPS) is 32.9. The highest BCUT2D eigenvalue weighted by molar-refractivity contribution is 5.69. The molecule has 5 fully saturated rings. The predicted octanol–water partition coefficient (Wildman–Crippen LogP) is 5.52. The number of aliphatic carboxylic acids is 1. The fraction of sp³-hybridized carbons (Fsp3) is 0.667. The van der Waals surface area contributed by atoms with Crippen LogP contribution in [0.2, 0.25) is 0 Å². The van der Waals surface area contributed by atoms with Gasteiger partial charge < -0.3 is 66.0 Å². The van der Waals surface area contributed by atoms with Crippen molar-refractivity contribution in [3.05, 3.63) is 65.0 Å². The lowest BCUT2D eigenvalue weighted by Gasteiger charge is -2.70. The summed E-state index contributed by atoms with van der Waals surface area (Å²) in [5.74, 6) is 0.0577. The number of phenols is 2. The molecule has 15 heteroatoms. The first-order valence-electron chi connectivity index (χ1n) is 24.4. The molecule has 2 spiro atoms. The molecule has 3 aliphatic carbocycles. The molecule has 15 nitrogen and oxygen atoms in total. The maximum Gasteiger partial charge on any atom is 0.304 e. The molecule has 3 saturated carbocycles. The van der Waals surface area contributed by atoms with Gasteiger partial charge in [-0.15, -0.1) is 0 Å². The molecular formula is C51H74N4O11. The van der Waals surface area contributed by atoms with Crippen LogP contribution in [0.25, 0.3) is 0 Å². The number of hydrogen-bond acceptors (Lipinski definition) is 14. The van der Waals surface area contributed by atoms with Crippen LogP contribution >= 0.6 is 0 Å². The van der Waals surface area contributed by atoms with Crippen LogP contribution < -0.4 is 35.9 Å². The molecule has 0 bridgehead atoms. The van der Waals surface area contributed by atoms with Crippen LogP contribution in [0, 0.1) is 34.0 Å². The predicted molar refractivity (Wildman–Crippen MR) is 248 cm³/mol. The number of fused-ring (bicyclic) bond motifs is 1. The maximum atomic E-state index is 13.5. The lowest BCUT2D eigenvalue weighted by Crippen LogP contribution is -2.73. The number of nitrogens with two attached hydrogens (primary N) is 1. The molecule has 0 amide bonds. The molecule has 11 N–H and O–H groups in total. The molecule has 2 aromatic carbocycles. The number of rotatable bonds is 18. The van der Waals surface area contributed by atoms with Crippen LogP contribution in [0.1, 0.15) is 115 Å². The zero-order valence-corrected chi connectivity index (χ0v) is 39.0. The molecule has 2 aromatic rings. The Morgan fingerprint density at radius 2 is 1.83 bits per heavy atom. The van der Waals surface area contributed by atoms with E-state index in [4.69, 9.17) is 24.7 Å². The average molecular weight is 919 g/mol. The van der Waals surface area contributed by atoms with Crippen LogP contribution in [0.4, 0.5) is 0 Å². The van der Waals surface area contributed by atoms with Gasteiger partial charge in [-0.1, -0.05) is 31.4 Å². The molecule has 364 valence electrons. The van der Waals surface area contributed by atoms with E-state index in [1.165, 1.54) is 32.8 Å². The molecule has 0 unspecified atom stereocenters. The first-order chi connectivity index (χ1) is 31.7. The van der Waals surface area contributed by atoms with Gasteiger partial charge in [0.2, 0.25) is 5.75 Å². The van der Waals surface area contributed by atoms with Crippen molar-refractivity contribution in [3.63, 3.8) is 0 Å². The number of aliphatic hydroxyl groups excluding tert-OH is 3. The number of piperidine rings is 1. The third-order valence-corrected chi connectivity index (χ3v) is 16.6. The number of phenolic OH excluding ortho intramolecular Hbond substituents is 2. The second-order valence-electron chi connectivity index (χ2n) is 20.5. The number of carbonyl (C=O) groups is 1. The molecule has 3 aliphatic heterocycles. The van der Waals surface area contributed by atoms with Crippen molar-refractivity contribution < 1.29 is 54.4 Å². The third-order valence-electron chi connectivity index (χ3n) is 16.6. The average Bonchev–Trinajstić information content (AvgIpc) is 3.94. The Hall–Kier alpha value is -4.25. The van der Waals surface area contributed by atoms with Gasteiger partial charge in [0.15, 0.2) is 23.0 Å². The van der Waals surface area contributed by atoms with Crippen molar-refractivity contribution >= 4 is 5.97 Å². The smallest absolute Gasteiger partial charge is 0.304 e. The molecule has 66 heavy (non-hydrogen) atoms. The highest BCUT2D eigenvalue weighted by Crippen LogP contribution is 2.77. The number of nitrogens with one attached hydrogen (secondary N) is 3. The zero-order valence-electron chi connectivity index (χ0n) is 39.0. The minimum absolute atomic E-state index is 0.00116. The molecule has 11 atom stereocenters. The van der Waals surface area contributed by atoms with E-state index in [9.17, 15) is 35.4 Å². The Labute approximate surface area is 389 Å². The van der Waals surface area contributed by atoms with Crippen molar-refractivity contribution in [1.29, 1.82) is 0 Å². The van der Waals surface area contributed by atoms with E-state index in [0.29, 0.717) is 55.4 Å². The minimum atomic E-state index is -0.829. The summed E-state index contributed by atoms with van der Waals surface area (Å²) in [6, 6.07) is 8.32. The molecule has 3 heterocycles. The second kappa shape index (κ2) is 20.1. The van der Waals surface area contributed by atoms with E-state index in [-0.39, 0.29) is 84.7 Å². The van der Waals surface area contributed by atoms with Crippen molar-refractivity contribution in [3.8, 4) is 28.7 Å². The first-order valence-corrected chi connectivity index (χ1v) is 24.4. The third kappa shape index (κ3) is 9.32. The zero-order chi connectivity index (χ0) is 46.8. The van der Waals surface area contributed by atoms with E-state index in [2.05, 4.69) is 29.0 Å². The van der Waals surface area contributed by atoms with Gasteiger partial charge >= 0.3 is 5.97 Å². The highest BCUT2D eigenvalue weighted by Gasteiger charge is 2.73. The Balaban J connectivity index is 1.09. The summed E-state index contributed by atoms with van der Waals surface area (Å²) in [5, 5.41) is 74.7. The van der Waals surface area contributed by atoms with Gasteiger partial charge in [-0.2, -0.15) is 0 Å². The number of allylic oxidation sites excluding steroid dienone is 2. The number of methoxy groups -OCH3 is 1. The van der Waals surface area contributed by atoms with E-state index in [1.807, 2.05) is 12.1 Å². The van der Waals surface area contributed by atoms with Crippen LogP contribution in [0.15, 0.2) is 53.9 Å². The Morgan fingerprint density at radius 1 is 1.05 bits per heavy atom. The summed E-state index contributed by atoms with van der Waals surface area (Å²) in [7, 11) is 1.47. The number of dihydropyridines is 1. The Morgan fingerprint density at radius 3 is 2.56 bits per heavy atom. The van der Waals surface area contributed by atoms with Crippen molar-refractivity contribution in [1.82, 2.24) is 16.0 Å². The van der Waals surface area contributed by atoms with Crippen molar-refractivity contribution in [2.75, 3.05) is 40.1 Å². The van der Waals surface area contributed by atoms with Crippen LogP contribution in [-0.2, 0) is 16.0 Å². The van der Waals surface area contributed by atoms with E-state index < -0.39 is 41.7 Å². The van der Waals surface area contributed by atoms with E-state index in [0.717, 1.165) is 43.2 Å². The van der Waals surface area contributed by atoms with E-state index >= 15 is 0 Å². The van der Waals surface area contributed by atoms with Crippen LogP contribution in [-0.4, -0.2) is 107 Å². The molecule has 0 radical (unpaired) electrons. The SMILES string of the molecule is COc1cc([C@H]2O[C@@H](CCc3ccc(O)c(OCNC[C@H](C)O)c3)C[C@H](O)[C@@H]2CCO)cc(OC[C@@H]2N[C@H](C)C[C@]34CCC[C@@H]3C3(CCCC3)C[C@@H](C3=CCNC(N)=C3)[C@]24CC(=O)O)c1O. The topological polar surface area (TPSA) is 237 Å². The quantitative estimate of drug-likeness (QED) is 0.0655. The van der Waals surface area contributed by atoms with Crippen molar-refractivity contribution in [2.24, 2.45) is 39.7 Å². The Bertz CT molecular complexity index is 2090. The maximum absolute atomic E-state index is 13.5. The minimum Gasteiger partial charge on any atom is -0.504 e. The number of aromatic hydroxyl groups is 2. The summed E-state index contributed by atoms with van der Waals surface area (Å²) in [4.78, 5) is 13.5. The van der Waals surface area contributed by atoms with Crippen LogP contribution in [0.3, 0.4) is 0 Å². The van der Waals surface area contributed by atoms with Gasteiger partial charge in [0.25, 0.3) is 0 Å². The van der Waals surface area contributed by atoms with Gasteiger partial charge in [-0.05, 0) is 148 Å². The van der Waals surface area contributed by atoms with Gasteiger partial charge in [0.05, 0.1) is 43.8 Å². The highest BCUT2D eigenvalue weighted by atomic mass is 16.5. The number of benzene rings is 2. The summed E-state index contributed by atoms with van der Waals surface area (Å²) >= 11 is 0. The lowest BCUT2D eigenvalue weighted by molar-refractivity contribution is -0.203. The van der Waals surface area contributed by atoms with Gasteiger partial charge in [-0.3, -0.25) is 10.1 Å². The molecular weight excluding hydrogens is 845 g/mol. The fourth-order valence-electron chi connectivity index (χ4n) is 14.2. The summed E-state index contributed by atoms with van der Waals surface area (Å²) in [5.41, 5.74) is 8.27. The number of aliphatic hydroxyl groups is 3. The van der Waals surface area contributed by atoms with Gasteiger partial charge in [0, 0.05) is 43.1 Å². The monoisotopic (exact) mass is 919 g/mol. The molecule has 6 aliphatic rings. The lowest BCUT2D eigenvalue weighted by atomic mass is 9.36. The van der Waals surface area contributed by atoms with Crippen LogP contribution in [0.5, 0.6) is 28.7 Å². The standard InChI is InChI=1S/C51H74N4O11/c1-30-24-50-16-6-7-43(50)49(14-4-5-15-49)25-37(33-12-17-54-45(52)22-33)51(50,26-46(60)61)44(55-30)28-64-42-21-34(20-41(63-3)47(42)62)48-36(13-18-56)39(59)23-35(66-48)10-8-32-9-11-38(58)40(19-32)65-29-53-27-31(2)57/h9,11-12,19-22,30-31,35-37,39,43-44,48,53-59,62H,4-8,10,13-18,23-29,52H2,1-3H3,(H,60,61)/t30-,31+,35+,36+,37+,39+,43-,44+,48-,50-,51-/m1/s1. The number of hydrogen-bond donors (Lipinski definition) is 10. The van der Waals surface area contributed by atoms with Gasteiger partial charge in [-0.25, -0.2) is 0 Å². The molecule has 0 aromatic heterocycles. The molecule has 2 saturated heterocycles. The summed E-state index contributed by atoms with van der Waals surface area (Å²) in [6.45, 7) is 4.85. The fourth-order valence-corrected chi connectivity index (χ4v) is 14.2. The Kier molecular flexibility index (Phi) is 14.7.